The van der Waals surface area contributed by atoms with Crippen LogP contribution in [-0.2, 0) is 5.41 Å². The smallest absolute Gasteiger partial charge is 0.149 e. The van der Waals surface area contributed by atoms with Crippen LogP contribution in [0.15, 0.2) is 30.7 Å². The molecule has 0 aliphatic carbocycles. The maximum absolute atomic E-state index is 13.7. The van der Waals surface area contributed by atoms with Gasteiger partial charge in [-0.3, -0.25) is 0 Å². The topological polar surface area (TPSA) is 43.8 Å². The second-order valence-electron chi connectivity index (χ2n) is 5.13. The van der Waals surface area contributed by atoms with E-state index in [2.05, 4.69) is 25.8 Å². The molecule has 0 bridgehead atoms. The molecule has 0 fully saturated rings. The van der Waals surface area contributed by atoms with E-state index in [9.17, 15) is 4.39 Å². The minimum absolute atomic E-state index is 0.0461. The van der Waals surface area contributed by atoms with E-state index >= 15 is 0 Å². The van der Waals surface area contributed by atoms with Crippen LogP contribution >= 0.6 is 0 Å². The lowest BCUT2D eigenvalue weighted by atomic mass is 9.93. The van der Waals surface area contributed by atoms with Gasteiger partial charge >= 0.3 is 0 Å². The number of hydrogen-bond acceptors (Lipinski definition) is 2. The number of halogens is 1. The molecule has 2 N–H and O–H groups in total. The highest BCUT2D eigenvalue weighted by Crippen LogP contribution is 2.22. The molecule has 1 aromatic heterocycles. The van der Waals surface area contributed by atoms with Gasteiger partial charge in [-0.2, -0.15) is 0 Å². The summed E-state index contributed by atoms with van der Waals surface area (Å²) in [5.74, 6) is -0.345. The van der Waals surface area contributed by atoms with Crippen LogP contribution in [0.1, 0.15) is 26.5 Å². The number of nitrogen functional groups attached to an aromatic ring is 1. The molecule has 0 saturated carbocycles. The fraction of sp³-hybridized carbons (Fsp3) is 0.308. The standard InChI is InChI=1S/C13H16FN3/c1-13(2,3)12-7-17(8-16-12)11-5-4-9(15)6-10(11)14/h4-8H,15H2,1-3H3. The predicted molar refractivity (Wildman–Crippen MR) is 66.6 cm³/mol. The second kappa shape index (κ2) is 3.87. The highest BCUT2D eigenvalue weighted by atomic mass is 19.1. The molecule has 2 rings (SSSR count). The Morgan fingerprint density at radius 1 is 1.29 bits per heavy atom. The minimum atomic E-state index is -0.345. The minimum Gasteiger partial charge on any atom is -0.399 e. The Morgan fingerprint density at radius 3 is 2.53 bits per heavy atom. The molecule has 3 nitrogen and oxygen atoms in total. The molecule has 17 heavy (non-hydrogen) atoms. The number of anilines is 1. The molecule has 0 atom stereocenters. The fourth-order valence-corrected chi connectivity index (χ4v) is 1.57. The zero-order chi connectivity index (χ0) is 12.6. The van der Waals surface area contributed by atoms with Gasteiger partial charge in [0.05, 0.1) is 17.7 Å². The maximum atomic E-state index is 13.7. The van der Waals surface area contributed by atoms with Gasteiger partial charge in [0.15, 0.2) is 0 Å². The largest absolute Gasteiger partial charge is 0.399 e. The summed E-state index contributed by atoms with van der Waals surface area (Å²) in [6.45, 7) is 6.21. The van der Waals surface area contributed by atoms with Gasteiger partial charge in [-0.15, -0.1) is 0 Å². The molecule has 0 saturated heterocycles. The van der Waals surface area contributed by atoms with Crippen molar-refractivity contribution in [2.45, 2.75) is 26.2 Å². The third kappa shape index (κ3) is 2.30. The zero-order valence-corrected chi connectivity index (χ0v) is 10.2. The Morgan fingerprint density at radius 2 is 2.00 bits per heavy atom. The zero-order valence-electron chi connectivity index (χ0n) is 10.2. The van der Waals surface area contributed by atoms with Crippen molar-refractivity contribution in [1.29, 1.82) is 0 Å². The van der Waals surface area contributed by atoms with Crippen LogP contribution in [0.5, 0.6) is 0 Å². The molecule has 4 heteroatoms. The molecule has 0 aliphatic heterocycles. The van der Waals surface area contributed by atoms with Crippen LogP contribution < -0.4 is 5.73 Å². The van der Waals surface area contributed by atoms with E-state index in [0.29, 0.717) is 11.4 Å². The molecular formula is C13H16FN3. The summed E-state index contributed by atoms with van der Waals surface area (Å²) in [6, 6.07) is 4.64. The lowest BCUT2D eigenvalue weighted by Gasteiger charge is -2.14. The highest BCUT2D eigenvalue weighted by molar-refractivity contribution is 5.46. The third-order valence-electron chi connectivity index (χ3n) is 2.60. The van der Waals surface area contributed by atoms with Crippen molar-refractivity contribution in [2.75, 3.05) is 5.73 Å². The highest BCUT2D eigenvalue weighted by Gasteiger charge is 2.17. The van der Waals surface area contributed by atoms with E-state index in [4.69, 9.17) is 5.73 Å². The Kier molecular flexibility index (Phi) is 2.65. The molecular weight excluding hydrogens is 217 g/mol. The van der Waals surface area contributed by atoms with Crippen LogP contribution in [0.25, 0.3) is 5.69 Å². The average molecular weight is 233 g/mol. The van der Waals surface area contributed by atoms with Gasteiger partial charge in [-0.25, -0.2) is 9.37 Å². The van der Waals surface area contributed by atoms with Crippen molar-refractivity contribution in [3.05, 3.63) is 42.2 Å². The third-order valence-corrected chi connectivity index (χ3v) is 2.60. The van der Waals surface area contributed by atoms with Crippen LogP contribution in [-0.4, -0.2) is 9.55 Å². The van der Waals surface area contributed by atoms with Crippen molar-refractivity contribution in [3.8, 4) is 5.69 Å². The predicted octanol–water partition coefficient (Wildman–Crippen LogP) is 2.89. The van der Waals surface area contributed by atoms with Crippen molar-refractivity contribution in [2.24, 2.45) is 0 Å². The number of benzene rings is 1. The summed E-state index contributed by atoms with van der Waals surface area (Å²) in [4.78, 5) is 4.29. The molecule has 1 heterocycles. The van der Waals surface area contributed by atoms with Crippen molar-refractivity contribution >= 4 is 5.69 Å². The molecule has 90 valence electrons. The van der Waals surface area contributed by atoms with Crippen LogP contribution in [0.3, 0.4) is 0 Å². The van der Waals surface area contributed by atoms with E-state index in [0.717, 1.165) is 5.69 Å². The van der Waals surface area contributed by atoms with Crippen LogP contribution in [0.4, 0.5) is 10.1 Å². The van der Waals surface area contributed by atoms with Gasteiger partial charge in [-0.1, -0.05) is 20.8 Å². The molecule has 0 amide bonds. The molecule has 0 aliphatic rings. The monoisotopic (exact) mass is 233 g/mol. The number of aromatic nitrogens is 2. The summed E-state index contributed by atoms with van der Waals surface area (Å²) in [5.41, 5.74) is 7.27. The summed E-state index contributed by atoms with van der Waals surface area (Å²) in [6.07, 6.45) is 3.46. The van der Waals surface area contributed by atoms with E-state index in [1.165, 1.54) is 6.07 Å². The van der Waals surface area contributed by atoms with E-state index in [1.807, 2.05) is 6.20 Å². The fourth-order valence-electron chi connectivity index (χ4n) is 1.57. The van der Waals surface area contributed by atoms with E-state index < -0.39 is 0 Å². The molecule has 0 unspecified atom stereocenters. The summed E-state index contributed by atoms with van der Waals surface area (Å²) < 4.78 is 15.4. The number of nitrogens with zero attached hydrogens (tertiary/aromatic N) is 2. The average Bonchev–Trinajstić information content (AvgIpc) is 2.65. The van der Waals surface area contributed by atoms with Gasteiger partial charge in [0.1, 0.15) is 5.82 Å². The first-order chi connectivity index (χ1) is 7.88. The lowest BCUT2D eigenvalue weighted by molar-refractivity contribution is 0.571. The van der Waals surface area contributed by atoms with Gasteiger partial charge in [-0.05, 0) is 18.2 Å². The summed E-state index contributed by atoms with van der Waals surface area (Å²) >= 11 is 0. The normalized spacial score (nSPS) is 11.8. The summed E-state index contributed by atoms with van der Waals surface area (Å²) in [7, 11) is 0. The molecule has 2 aromatic rings. The van der Waals surface area contributed by atoms with Crippen LogP contribution in [0, 0.1) is 5.82 Å². The Balaban J connectivity index is 2.44. The van der Waals surface area contributed by atoms with E-state index in [-0.39, 0.29) is 11.2 Å². The van der Waals surface area contributed by atoms with Crippen LogP contribution in [0.2, 0.25) is 0 Å². The second-order valence-corrected chi connectivity index (χ2v) is 5.13. The van der Waals surface area contributed by atoms with Gasteiger partial charge in [0, 0.05) is 17.3 Å². The molecule has 0 spiro atoms. The first kappa shape index (κ1) is 11.6. The quantitative estimate of drug-likeness (QED) is 0.770. The number of imidazole rings is 1. The van der Waals surface area contributed by atoms with Gasteiger partial charge in [0.25, 0.3) is 0 Å². The Bertz CT molecular complexity index is 538. The number of hydrogen-bond donors (Lipinski definition) is 1. The van der Waals surface area contributed by atoms with Gasteiger partial charge < -0.3 is 10.3 Å². The lowest BCUT2D eigenvalue weighted by Crippen LogP contribution is -2.11. The molecule has 0 radical (unpaired) electrons. The molecule has 1 aromatic carbocycles. The van der Waals surface area contributed by atoms with Crippen molar-refractivity contribution < 1.29 is 4.39 Å². The summed E-state index contributed by atoms with van der Waals surface area (Å²) in [5, 5.41) is 0. The Labute approximate surface area is 100 Å². The van der Waals surface area contributed by atoms with Crippen molar-refractivity contribution in [3.63, 3.8) is 0 Å². The van der Waals surface area contributed by atoms with Gasteiger partial charge in [0.2, 0.25) is 0 Å². The number of rotatable bonds is 1. The first-order valence-corrected chi connectivity index (χ1v) is 5.48. The van der Waals surface area contributed by atoms with Crippen molar-refractivity contribution in [1.82, 2.24) is 9.55 Å². The SMILES string of the molecule is CC(C)(C)c1cn(-c2ccc(N)cc2F)cn1. The number of nitrogens with two attached hydrogens (primary N) is 1. The first-order valence-electron chi connectivity index (χ1n) is 5.48. The maximum Gasteiger partial charge on any atom is 0.149 e. The Hall–Kier alpha value is -1.84. The van der Waals surface area contributed by atoms with E-state index in [1.54, 1.807) is 23.0 Å².